The van der Waals surface area contributed by atoms with Crippen LogP contribution in [-0.4, -0.2) is 55.9 Å². The molecule has 8 heteroatoms. The van der Waals surface area contributed by atoms with Gasteiger partial charge in [0.25, 0.3) is 5.91 Å². The molecule has 29 heavy (non-hydrogen) atoms. The van der Waals surface area contributed by atoms with Crippen molar-refractivity contribution in [1.29, 1.82) is 0 Å². The van der Waals surface area contributed by atoms with E-state index >= 15 is 0 Å². The van der Waals surface area contributed by atoms with Crippen LogP contribution < -0.4 is 0 Å². The van der Waals surface area contributed by atoms with Crippen LogP contribution in [0.4, 0.5) is 0 Å². The average molecular weight is 481 g/mol. The highest BCUT2D eigenvalue weighted by molar-refractivity contribution is 9.10. The lowest BCUT2D eigenvalue weighted by atomic mass is 10.1. The number of hydrogen-bond donors (Lipinski definition) is 0. The van der Waals surface area contributed by atoms with Crippen LogP contribution in [0, 0.1) is 0 Å². The van der Waals surface area contributed by atoms with E-state index in [2.05, 4.69) is 15.9 Å². The van der Waals surface area contributed by atoms with Gasteiger partial charge in [-0.05, 0) is 55.8 Å². The number of halogens is 1. The molecule has 2 aromatic carbocycles. The Kier molecular flexibility index (Phi) is 6.78. The van der Waals surface area contributed by atoms with E-state index in [4.69, 9.17) is 4.74 Å². The lowest BCUT2D eigenvalue weighted by Crippen LogP contribution is -2.48. The van der Waals surface area contributed by atoms with Crippen molar-refractivity contribution >= 4 is 31.9 Å². The first-order chi connectivity index (χ1) is 13.7. The van der Waals surface area contributed by atoms with Gasteiger partial charge in [0, 0.05) is 36.7 Å². The largest absolute Gasteiger partial charge is 0.373 e. The maximum Gasteiger partial charge on any atom is 0.253 e. The first kappa shape index (κ1) is 22.0. The minimum atomic E-state index is -3.62. The van der Waals surface area contributed by atoms with Crippen LogP contribution >= 0.6 is 15.9 Å². The lowest BCUT2D eigenvalue weighted by Gasteiger charge is -2.34. The number of carbonyl (C=O) groups excluding carboxylic acids is 1. The van der Waals surface area contributed by atoms with Gasteiger partial charge in [-0.15, -0.1) is 0 Å². The molecule has 6 nitrogen and oxygen atoms in total. The zero-order valence-electron chi connectivity index (χ0n) is 16.7. The van der Waals surface area contributed by atoms with Crippen LogP contribution in [-0.2, 0) is 21.3 Å². The zero-order chi connectivity index (χ0) is 21.2. The molecular formula is C21H25BrN2O4S. The van der Waals surface area contributed by atoms with Gasteiger partial charge < -0.3 is 9.64 Å². The fourth-order valence-electron chi connectivity index (χ4n) is 3.40. The molecule has 3 rings (SSSR count). The highest BCUT2D eigenvalue weighted by Gasteiger charge is 2.32. The Balaban J connectivity index is 1.71. The van der Waals surface area contributed by atoms with Gasteiger partial charge in [0.2, 0.25) is 10.0 Å². The maximum absolute atomic E-state index is 12.9. The number of amides is 1. The number of morpholine rings is 1. The topological polar surface area (TPSA) is 66.9 Å². The van der Waals surface area contributed by atoms with Crippen molar-refractivity contribution < 1.29 is 17.9 Å². The minimum Gasteiger partial charge on any atom is -0.373 e. The van der Waals surface area contributed by atoms with Crippen molar-refractivity contribution in [2.24, 2.45) is 0 Å². The third kappa shape index (κ3) is 5.25. The van der Waals surface area contributed by atoms with Crippen LogP contribution in [0.25, 0.3) is 0 Å². The molecule has 0 bridgehead atoms. The Morgan fingerprint density at radius 2 is 1.62 bits per heavy atom. The van der Waals surface area contributed by atoms with Crippen LogP contribution in [0.3, 0.4) is 0 Å². The Hall–Kier alpha value is -1.74. The van der Waals surface area contributed by atoms with Gasteiger partial charge in [-0.1, -0.05) is 28.1 Å². The molecule has 1 fully saturated rings. The van der Waals surface area contributed by atoms with E-state index in [0.717, 1.165) is 10.0 Å². The van der Waals surface area contributed by atoms with E-state index in [1.165, 1.54) is 16.4 Å². The summed E-state index contributed by atoms with van der Waals surface area (Å²) in [5.41, 5.74) is 1.46. The molecular weight excluding hydrogens is 456 g/mol. The lowest BCUT2D eigenvalue weighted by molar-refractivity contribution is -0.0440. The molecule has 1 amide bonds. The molecule has 0 aromatic heterocycles. The Morgan fingerprint density at radius 3 is 2.17 bits per heavy atom. The van der Waals surface area contributed by atoms with Gasteiger partial charge >= 0.3 is 0 Å². The summed E-state index contributed by atoms with van der Waals surface area (Å²) in [6, 6.07) is 13.9. The number of hydrogen-bond acceptors (Lipinski definition) is 4. The fourth-order valence-corrected chi connectivity index (χ4v) is 5.26. The fraction of sp³-hybridized carbons (Fsp3) is 0.381. The van der Waals surface area contributed by atoms with Gasteiger partial charge in [0.1, 0.15) is 0 Å². The summed E-state index contributed by atoms with van der Waals surface area (Å²) in [6.45, 7) is 4.84. The number of ether oxygens (including phenoxy) is 1. The third-order valence-electron chi connectivity index (χ3n) is 4.80. The van der Waals surface area contributed by atoms with Crippen LogP contribution in [0.1, 0.15) is 29.8 Å². The van der Waals surface area contributed by atoms with Crippen molar-refractivity contribution in [3.05, 3.63) is 64.1 Å². The Bertz CT molecular complexity index is 951. The third-order valence-corrected chi connectivity index (χ3v) is 7.18. The quantitative estimate of drug-likeness (QED) is 0.656. The molecule has 2 aromatic rings. The molecule has 0 spiro atoms. The van der Waals surface area contributed by atoms with Crippen molar-refractivity contribution in [2.45, 2.75) is 37.5 Å². The molecule has 156 valence electrons. The van der Waals surface area contributed by atoms with Gasteiger partial charge in [0.15, 0.2) is 0 Å². The summed E-state index contributed by atoms with van der Waals surface area (Å²) >= 11 is 3.40. The summed E-state index contributed by atoms with van der Waals surface area (Å²) in [7, 11) is -1.89. The molecule has 0 radical (unpaired) electrons. The first-order valence-electron chi connectivity index (χ1n) is 9.42. The van der Waals surface area contributed by atoms with Crippen molar-refractivity contribution in [3.8, 4) is 0 Å². The van der Waals surface area contributed by atoms with Crippen LogP contribution in [0.15, 0.2) is 57.9 Å². The summed E-state index contributed by atoms with van der Waals surface area (Å²) in [5, 5.41) is 0. The van der Waals surface area contributed by atoms with E-state index in [9.17, 15) is 13.2 Å². The zero-order valence-corrected chi connectivity index (χ0v) is 19.1. The van der Waals surface area contributed by atoms with Crippen molar-refractivity contribution in [2.75, 3.05) is 20.1 Å². The van der Waals surface area contributed by atoms with E-state index < -0.39 is 10.0 Å². The molecule has 1 saturated heterocycles. The maximum atomic E-state index is 12.9. The summed E-state index contributed by atoms with van der Waals surface area (Å²) in [6.07, 6.45) is -0.303. The van der Waals surface area contributed by atoms with Crippen molar-refractivity contribution in [3.63, 3.8) is 0 Å². The predicted molar refractivity (Wildman–Crippen MR) is 115 cm³/mol. The molecule has 0 saturated carbocycles. The second-order valence-corrected chi connectivity index (χ2v) is 10.2. The Morgan fingerprint density at radius 1 is 1.07 bits per heavy atom. The highest BCUT2D eigenvalue weighted by Crippen LogP contribution is 2.22. The molecule has 1 heterocycles. The molecule has 2 unspecified atom stereocenters. The van der Waals surface area contributed by atoms with E-state index in [1.807, 2.05) is 38.1 Å². The Labute approximate surface area is 180 Å². The molecule has 2 atom stereocenters. The summed E-state index contributed by atoms with van der Waals surface area (Å²) in [4.78, 5) is 14.5. The summed E-state index contributed by atoms with van der Waals surface area (Å²) < 4.78 is 33.9. The van der Waals surface area contributed by atoms with Crippen molar-refractivity contribution in [1.82, 2.24) is 9.21 Å². The van der Waals surface area contributed by atoms with E-state index in [-0.39, 0.29) is 23.0 Å². The van der Waals surface area contributed by atoms with E-state index in [0.29, 0.717) is 25.2 Å². The second kappa shape index (κ2) is 8.95. The van der Waals surface area contributed by atoms with Gasteiger partial charge in [0.05, 0.1) is 17.1 Å². The number of rotatable bonds is 5. The smallest absolute Gasteiger partial charge is 0.253 e. The van der Waals surface area contributed by atoms with Gasteiger partial charge in [-0.25, -0.2) is 8.42 Å². The number of sulfonamides is 1. The molecule has 1 aliphatic rings. The molecule has 0 aliphatic carbocycles. The minimum absolute atomic E-state index is 0.151. The monoisotopic (exact) mass is 480 g/mol. The standard InChI is InChI=1S/C21H25BrN2O4S/c1-15-12-24(13-16(2)28-15)29(26,27)20-10-6-18(7-11-20)21(25)23(3)14-17-4-8-19(22)9-5-17/h4-11,15-16H,12-14H2,1-3H3. The van der Waals surface area contributed by atoms with Gasteiger partial charge in [-0.3, -0.25) is 4.79 Å². The highest BCUT2D eigenvalue weighted by atomic mass is 79.9. The van der Waals surface area contributed by atoms with E-state index in [1.54, 1.807) is 24.1 Å². The summed E-state index contributed by atoms with van der Waals surface area (Å²) in [5.74, 6) is -0.162. The number of carbonyl (C=O) groups is 1. The number of benzene rings is 2. The second-order valence-electron chi connectivity index (χ2n) is 7.39. The predicted octanol–water partition coefficient (Wildman–Crippen LogP) is 3.52. The van der Waals surface area contributed by atoms with Gasteiger partial charge in [-0.2, -0.15) is 4.31 Å². The molecule has 1 aliphatic heterocycles. The first-order valence-corrected chi connectivity index (χ1v) is 11.7. The molecule has 0 N–H and O–H groups in total. The van der Waals surface area contributed by atoms with Crippen LogP contribution in [0.5, 0.6) is 0 Å². The average Bonchev–Trinajstić information content (AvgIpc) is 2.68. The SMILES string of the molecule is CC1CN(S(=O)(=O)c2ccc(C(=O)N(C)Cc3ccc(Br)cc3)cc2)CC(C)O1. The van der Waals surface area contributed by atoms with Crippen LogP contribution in [0.2, 0.25) is 0 Å². The number of nitrogens with zero attached hydrogens (tertiary/aromatic N) is 2. The normalized spacial score (nSPS) is 20.4.